The number of amides is 1. The van der Waals surface area contributed by atoms with Crippen molar-refractivity contribution in [2.24, 2.45) is 5.92 Å². The van der Waals surface area contributed by atoms with Crippen LogP contribution in [0.4, 0.5) is 5.69 Å². The number of para-hydroxylation sites is 1. The van der Waals surface area contributed by atoms with Gasteiger partial charge in [0, 0.05) is 26.0 Å². The Balaban J connectivity index is 1.43. The summed E-state index contributed by atoms with van der Waals surface area (Å²) >= 11 is 0. The molecule has 140 valence electrons. The zero-order valence-corrected chi connectivity index (χ0v) is 15.3. The number of anilines is 1. The molecule has 4 rings (SSSR count). The second-order valence-corrected chi connectivity index (χ2v) is 6.85. The normalized spacial score (nSPS) is 15.0. The molecular weight excluding hydrogens is 342 g/mol. The van der Waals surface area contributed by atoms with Crippen LogP contribution in [0.25, 0.3) is 5.69 Å². The van der Waals surface area contributed by atoms with Gasteiger partial charge in [0.15, 0.2) is 0 Å². The molecule has 1 N–H and O–H groups in total. The third kappa shape index (κ3) is 3.93. The summed E-state index contributed by atoms with van der Waals surface area (Å²) in [5.41, 5.74) is 2.97. The van der Waals surface area contributed by atoms with Crippen molar-refractivity contribution in [2.45, 2.75) is 26.3 Å². The number of nitrogens with one attached hydrogen (secondary N) is 1. The van der Waals surface area contributed by atoms with E-state index in [2.05, 4.69) is 15.5 Å². The van der Waals surface area contributed by atoms with Gasteiger partial charge in [-0.05, 0) is 37.8 Å². The van der Waals surface area contributed by atoms with Gasteiger partial charge in [-0.2, -0.15) is 10.2 Å². The molecule has 0 bridgehead atoms. The smallest absolute Gasteiger partial charge is 0.259 e. The topological polar surface area (TPSA) is 74.0 Å². The molecule has 1 amide bonds. The number of benzene rings is 1. The van der Waals surface area contributed by atoms with E-state index in [1.807, 2.05) is 48.1 Å². The summed E-state index contributed by atoms with van der Waals surface area (Å²) in [6.45, 7) is 4.38. The Morgan fingerprint density at radius 1 is 1.19 bits per heavy atom. The van der Waals surface area contributed by atoms with Gasteiger partial charge in [0.25, 0.3) is 5.91 Å². The van der Waals surface area contributed by atoms with Gasteiger partial charge in [0.1, 0.15) is 0 Å². The third-order valence-electron chi connectivity index (χ3n) is 4.93. The summed E-state index contributed by atoms with van der Waals surface area (Å²) in [7, 11) is 0. The van der Waals surface area contributed by atoms with Crippen LogP contribution in [0.1, 0.15) is 28.9 Å². The molecule has 0 atom stereocenters. The van der Waals surface area contributed by atoms with Crippen LogP contribution in [0.2, 0.25) is 0 Å². The lowest BCUT2D eigenvalue weighted by Crippen LogP contribution is -2.20. The van der Waals surface area contributed by atoms with Gasteiger partial charge < -0.3 is 10.1 Å². The summed E-state index contributed by atoms with van der Waals surface area (Å²) in [5.74, 6) is 0.397. The Morgan fingerprint density at radius 3 is 2.74 bits per heavy atom. The van der Waals surface area contributed by atoms with Crippen molar-refractivity contribution in [1.29, 1.82) is 0 Å². The standard InChI is InChI=1S/C20H23N5O2/c1-15-19(12-22-25(15)18-5-3-2-4-6-18)20(26)23-17-11-21-24(14-17)13-16-7-9-27-10-8-16/h2-6,11-12,14,16H,7-10,13H2,1H3,(H,23,26). The minimum absolute atomic E-state index is 0.180. The van der Waals surface area contributed by atoms with Crippen LogP contribution in [0.3, 0.4) is 0 Å². The zero-order valence-electron chi connectivity index (χ0n) is 15.3. The fourth-order valence-corrected chi connectivity index (χ4v) is 3.38. The van der Waals surface area contributed by atoms with Gasteiger partial charge in [-0.15, -0.1) is 0 Å². The third-order valence-corrected chi connectivity index (χ3v) is 4.93. The highest BCUT2D eigenvalue weighted by atomic mass is 16.5. The molecule has 2 aromatic heterocycles. The highest BCUT2D eigenvalue weighted by molar-refractivity contribution is 6.04. The van der Waals surface area contributed by atoms with Gasteiger partial charge in [-0.1, -0.05) is 18.2 Å². The molecule has 1 fully saturated rings. The second kappa shape index (κ2) is 7.75. The van der Waals surface area contributed by atoms with E-state index in [1.165, 1.54) is 0 Å². The first kappa shape index (κ1) is 17.5. The lowest BCUT2D eigenvalue weighted by atomic mass is 10.0. The molecular formula is C20H23N5O2. The van der Waals surface area contributed by atoms with Crippen molar-refractivity contribution in [2.75, 3.05) is 18.5 Å². The van der Waals surface area contributed by atoms with Crippen LogP contribution in [0, 0.1) is 12.8 Å². The minimum atomic E-state index is -0.180. The Hall–Kier alpha value is -2.93. The highest BCUT2D eigenvalue weighted by Gasteiger charge is 2.17. The molecule has 1 aliphatic heterocycles. The molecule has 0 spiro atoms. The summed E-state index contributed by atoms with van der Waals surface area (Å²) in [6.07, 6.45) is 7.28. The zero-order chi connectivity index (χ0) is 18.6. The van der Waals surface area contributed by atoms with Crippen molar-refractivity contribution >= 4 is 11.6 Å². The van der Waals surface area contributed by atoms with E-state index in [0.29, 0.717) is 17.2 Å². The molecule has 1 saturated heterocycles. The number of hydrogen-bond donors (Lipinski definition) is 1. The number of carbonyl (C=O) groups excluding carboxylic acids is 1. The maximum absolute atomic E-state index is 12.7. The van der Waals surface area contributed by atoms with Crippen molar-refractivity contribution in [1.82, 2.24) is 19.6 Å². The fraction of sp³-hybridized carbons (Fsp3) is 0.350. The lowest BCUT2D eigenvalue weighted by molar-refractivity contribution is 0.0601. The highest BCUT2D eigenvalue weighted by Crippen LogP contribution is 2.19. The van der Waals surface area contributed by atoms with E-state index < -0.39 is 0 Å². The van der Waals surface area contributed by atoms with Crippen LogP contribution >= 0.6 is 0 Å². The van der Waals surface area contributed by atoms with E-state index in [4.69, 9.17) is 4.74 Å². The number of rotatable bonds is 5. The minimum Gasteiger partial charge on any atom is -0.381 e. The number of hydrogen-bond acceptors (Lipinski definition) is 4. The first-order chi connectivity index (χ1) is 13.2. The Labute approximate surface area is 157 Å². The molecule has 1 aromatic carbocycles. The van der Waals surface area contributed by atoms with E-state index in [-0.39, 0.29) is 5.91 Å². The average Bonchev–Trinajstić information content (AvgIpc) is 3.29. The number of nitrogens with zero attached hydrogens (tertiary/aromatic N) is 4. The first-order valence-electron chi connectivity index (χ1n) is 9.22. The van der Waals surface area contributed by atoms with Crippen LogP contribution in [-0.2, 0) is 11.3 Å². The number of aromatic nitrogens is 4. The van der Waals surface area contributed by atoms with Gasteiger partial charge >= 0.3 is 0 Å². The van der Waals surface area contributed by atoms with Gasteiger partial charge in [-0.3, -0.25) is 9.48 Å². The van der Waals surface area contributed by atoms with Gasteiger partial charge in [-0.25, -0.2) is 4.68 Å². The van der Waals surface area contributed by atoms with Crippen molar-refractivity contribution < 1.29 is 9.53 Å². The van der Waals surface area contributed by atoms with Gasteiger partial charge in [0.2, 0.25) is 0 Å². The lowest BCUT2D eigenvalue weighted by Gasteiger charge is -2.21. The molecule has 3 heterocycles. The largest absolute Gasteiger partial charge is 0.381 e. The van der Waals surface area contributed by atoms with E-state index >= 15 is 0 Å². The Morgan fingerprint density at radius 2 is 1.96 bits per heavy atom. The monoisotopic (exact) mass is 365 g/mol. The van der Waals surface area contributed by atoms with Crippen molar-refractivity contribution in [3.8, 4) is 5.69 Å². The summed E-state index contributed by atoms with van der Waals surface area (Å²) < 4.78 is 9.06. The molecule has 7 nitrogen and oxygen atoms in total. The first-order valence-corrected chi connectivity index (χ1v) is 9.22. The second-order valence-electron chi connectivity index (χ2n) is 6.85. The van der Waals surface area contributed by atoms with Crippen LogP contribution in [0.15, 0.2) is 48.9 Å². The Bertz CT molecular complexity index is 910. The molecule has 27 heavy (non-hydrogen) atoms. The van der Waals surface area contributed by atoms with Gasteiger partial charge in [0.05, 0.1) is 35.0 Å². The van der Waals surface area contributed by atoms with Crippen LogP contribution in [-0.4, -0.2) is 38.7 Å². The maximum atomic E-state index is 12.7. The molecule has 0 unspecified atom stereocenters. The quantitative estimate of drug-likeness (QED) is 0.754. The fourth-order valence-electron chi connectivity index (χ4n) is 3.38. The summed E-state index contributed by atoms with van der Waals surface area (Å²) in [6, 6.07) is 9.77. The predicted molar refractivity (Wildman–Crippen MR) is 102 cm³/mol. The SMILES string of the molecule is Cc1c(C(=O)Nc2cnn(CC3CCOCC3)c2)cnn1-c1ccccc1. The maximum Gasteiger partial charge on any atom is 0.259 e. The molecule has 3 aromatic rings. The Kier molecular flexibility index (Phi) is 5.02. The molecule has 0 saturated carbocycles. The number of carbonyl (C=O) groups is 1. The van der Waals surface area contributed by atoms with E-state index in [0.717, 1.165) is 44.0 Å². The van der Waals surface area contributed by atoms with E-state index in [9.17, 15) is 4.79 Å². The predicted octanol–water partition coefficient (Wildman–Crippen LogP) is 3.06. The van der Waals surface area contributed by atoms with Crippen LogP contribution < -0.4 is 5.32 Å². The average molecular weight is 365 g/mol. The van der Waals surface area contributed by atoms with Crippen molar-refractivity contribution in [3.05, 3.63) is 60.2 Å². The molecule has 0 aliphatic carbocycles. The summed E-state index contributed by atoms with van der Waals surface area (Å²) in [5, 5.41) is 11.6. The van der Waals surface area contributed by atoms with Crippen LogP contribution in [0.5, 0.6) is 0 Å². The number of ether oxygens (including phenoxy) is 1. The molecule has 1 aliphatic rings. The molecule has 0 radical (unpaired) electrons. The van der Waals surface area contributed by atoms with E-state index in [1.54, 1.807) is 17.1 Å². The van der Waals surface area contributed by atoms with Crippen molar-refractivity contribution in [3.63, 3.8) is 0 Å². The summed E-state index contributed by atoms with van der Waals surface area (Å²) in [4.78, 5) is 12.7. The molecule has 7 heteroatoms.